The van der Waals surface area contributed by atoms with Gasteiger partial charge in [-0.25, -0.2) is 17.6 Å². The largest absolute Gasteiger partial charge is 0.444 e. The van der Waals surface area contributed by atoms with E-state index in [1.807, 2.05) is 0 Å². The number of carbonyl (C=O) groups excluding carboxylic acids is 1. The lowest BCUT2D eigenvalue weighted by Gasteiger charge is -2.36. The molecular weight excluding hydrogens is 464 g/mol. The van der Waals surface area contributed by atoms with E-state index in [1.165, 1.54) is 0 Å². The van der Waals surface area contributed by atoms with Crippen molar-refractivity contribution in [3.63, 3.8) is 0 Å². The van der Waals surface area contributed by atoms with Crippen molar-refractivity contribution >= 4 is 15.9 Å². The first-order valence-corrected chi connectivity index (χ1v) is 12.2. The van der Waals surface area contributed by atoms with Gasteiger partial charge in [-0.3, -0.25) is 0 Å². The van der Waals surface area contributed by atoms with Crippen LogP contribution in [0.15, 0.2) is 29.2 Å². The lowest BCUT2D eigenvalue weighted by atomic mass is 9.92. The summed E-state index contributed by atoms with van der Waals surface area (Å²) < 4.78 is 85.2. The van der Waals surface area contributed by atoms with Gasteiger partial charge in [0.25, 0.3) is 0 Å². The van der Waals surface area contributed by atoms with E-state index in [1.54, 1.807) is 34.6 Å². The minimum absolute atomic E-state index is 0.178. The average molecular weight is 497 g/mol. The topological polar surface area (TPSA) is 84.5 Å². The SMILES string of the molecule is CC(C)(CN[C@H]1CC[C@@](F)(S(=O)(=O)c2cccc(C(F)(F)F)c2)CC1)NC(=O)OC(C)(C)C. The molecule has 1 aliphatic rings. The summed E-state index contributed by atoms with van der Waals surface area (Å²) in [6.45, 7) is 9.13. The standard InChI is InChI=1S/C22H32F4N2O4S/c1-19(2,3)32-18(29)28-20(4,5)14-27-16-9-11-21(23,12-10-16)33(30,31)17-8-6-7-15(13-17)22(24,25)26/h6-8,13,16,27H,9-12,14H2,1-5H3,(H,28,29)/t16-,21+. The van der Waals surface area contributed by atoms with E-state index in [9.17, 15) is 26.4 Å². The third-order valence-corrected chi connectivity index (χ3v) is 7.60. The van der Waals surface area contributed by atoms with E-state index in [0.717, 1.165) is 18.2 Å². The molecule has 6 nitrogen and oxygen atoms in total. The van der Waals surface area contributed by atoms with Gasteiger partial charge in [0, 0.05) is 12.6 Å². The van der Waals surface area contributed by atoms with Crippen molar-refractivity contribution in [2.24, 2.45) is 0 Å². The number of ether oxygens (including phenoxy) is 1. The number of rotatable bonds is 6. The Morgan fingerprint density at radius 3 is 2.21 bits per heavy atom. The highest BCUT2D eigenvalue weighted by molar-refractivity contribution is 7.92. The van der Waals surface area contributed by atoms with Gasteiger partial charge in [-0.2, -0.15) is 13.2 Å². The smallest absolute Gasteiger partial charge is 0.416 e. The average Bonchev–Trinajstić information content (AvgIpc) is 2.65. The summed E-state index contributed by atoms with van der Waals surface area (Å²) in [6.07, 6.45) is -5.63. The van der Waals surface area contributed by atoms with E-state index >= 15 is 4.39 Å². The lowest BCUT2D eigenvalue weighted by Crippen LogP contribution is -2.54. The van der Waals surface area contributed by atoms with Crippen molar-refractivity contribution < 1.29 is 35.5 Å². The van der Waals surface area contributed by atoms with Crippen LogP contribution in [0.5, 0.6) is 0 Å². The Labute approximate surface area is 192 Å². The number of hydrogen-bond donors (Lipinski definition) is 2. The van der Waals surface area contributed by atoms with E-state index in [2.05, 4.69) is 10.6 Å². The highest BCUT2D eigenvalue weighted by Gasteiger charge is 2.48. The van der Waals surface area contributed by atoms with Gasteiger partial charge < -0.3 is 15.4 Å². The highest BCUT2D eigenvalue weighted by Crippen LogP contribution is 2.41. The van der Waals surface area contributed by atoms with Crippen LogP contribution in [0, 0.1) is 0 Å². The van der Waals surface area contributed by atoms with Crippen molar-refractivity contribution in [2.75, 3.05) is 6.54 Å². The molecule has 1 aromatic rings. The molecule has 1 fully saturated rings. The Hall–Kier alpha value is -1.88. The number of nitrogens with one attached hydrogen (secondary N) is 2. The number of alkyl halides is 4. The molecule has 1 saturated carbocycles. The molecule has 0 atom stereocenters. The summed E-state index contributed by atoms with van der Waals surface area (Å²) in [5, 5.41) is 3.31. The first kappa shape index (κ1) is 27.4. The molecule has 0 aromatic heterocycles. The van der Waals surface area contributed by atoms with Crippen LogP contribution in [0.25, 0.3) is 0 Å². The van der Waals surface area contributed by atoms with Gasteiger partial charge in [0.2, 0.25) is 14.8 Å². The predicted molar refractivity (Wildman–Crippen MR) is 116 cm³/mol. The Balaban J connectivity index is 1.98. The van der Waals surface area contributed by atoms with Gasteiger partial charge in [0.15, 0.2) is 0 Å². The van der Waals surface area contributed by atoms with Crippen LogP contribution in [-0.2, 0) is 20.8 Å². The third kappa shape index (κ3) is 7.30. The molecule has 2 N–H and O–H groups in total. The van der Waals surface area contributed by atoms with Gasteiger partial charge in [-0.1, -0.05) is 6.07 Å². The monoisotopic (exact) mass is 496 g/mol. The number of sulfone groups is 1. The summed E-state index contributed by atoms with van der Waals surface area (Å²) in [5.41, 5.74) is -2.47. The summed E-state index contributed by atoms with van der Waals surface area (Å²) in [7, 11) is -4.61. The van der Waals surface area contributed by atoms with Gasteiger partial charge in [0.1, 0.15) is 5.60 Å². The molecule has 11 heteroatoms. The number of hydrogen-bond acceptors (Lipinski definition) is 5. The number of carbonyl (C=O) groups is 1. The maximum absolute atomic E-state index is 15.5. The number of benzene rings is 1. The van der Waals surface area contributed by atoms with Crippen molar-refractivity contribution in [2.45, 2.75) is 93.6 Å². The van der Waals surface area contributed by atoms with Crippen LogP contribution < -0.4 is 10.6 Å². The Bertz CT molecular complexity index is 948. The zero-order valence-electron chi connectivity index (χ0n) is 19.5. The number of alkyl carbamates (subject to hydrolysis) is 1. The minimum Gasteiger partial charge on any atom is -0.444 e. The molecule has 0 spiro atoms. The molecule has 0 bridgehead atoms. The lowest BCUT2D eigenvalue weighted by molar-refractivity contribution is -0.137. The second-order valence-electron chi connectivity index (χ2n) is 10.1. The van der Waals surface area contributed by atoms with E-state index < -0.39 is 48.7 Å². The van der Waals surface area contributed by atoms with Crippen molar-refractivity contribution in [3.05, 3.63) is 29.8 Å². The molecule has 0 unspecified atom stereocenters. The third-order valence-electron chi connectivity index (χ3n) is 5.36. The number of amides is 1. The van der Waals surface area contributed by atoms with E-state index in [-0.39, 0.29) is 31.7 Å². The quantitative estimate of drug-likeness (QED) is 0.543. The fraction of sp³-hybridized carbons (Fsp3) is 0.682. The molecule has 1 aliphatic carbocycles. The zero-order chi connectivity index (χ0) is 25.3. The van der Waals surface area contributed by atoms with Gasteiger partial charge in [-0.05, 0) is 78.5 Å². The van der Waals surface area contributed by atoms with E-state index in [0.29, 0.717) is 12.6 Å². The van der Waals surface area contributed by atoms with Crippen LogP contribution in [0.4, 0.5) is 22.4 Å². The summed E-state index contributed by atoms with van der Waals surface area (Å²) in [6, 6.07) is 2.97. The first-order valence-electron chi connectivity index (χ1n) is 10.7. The molecule has 33 heavy (non-hydrogen) atoms. The van der Waals surface area contributed by atoms with Crippen LogP contribution in [0.3, 0.4) is 0 Å². The zero-order valence-corrected chi connectivity index (χ0v) is 20.3. The van der Waals surface area contributed by atoms with Crippen molar-refractivity contribution in [1.82, 2.24) is 10.6 Å². The van der Waals surface area contributed by atoms with Crippen LogP contribution in [0.1, 0.15) is 65.9 Å². The molecule has 0 heterocycles. The Morgan fingerprint density at radius 2 is 1.70 bits per heavy atom. The Morgan fingerprint density at radius 1 is 1.12 bits per heavy atom. The molecule has 0 saturated heterocycles. The maximum atomic E-state index is 15.5. The van der Waals surface area contributed by atoms with Crippen LogP contribution in [0.2, 0.25) is 0 Å². The summed E-state index contributed by atoms with van der Waals surface area (Å²) >= 11 is 0. The van der Waals surface area contributed by atoms with Gasteiger partial charge in [0.05, 0.1) is 16.0 Å². The fourth-order valence-electron chi connectivity index (χ4n) is 3.60. The van der Waals surface area contributed by atoms with Crippen molar-refractivity contribution in [3.8, 4) is 0 Å². The van der Waals surface area contributed by atoms with E-state index in [4.69, 9.17) is 4.74 Å². The second kappa shape index (κ2) is 9.40. The molecule has 0 radical (unpaired) electrons. The highest BCUT2D eigenvalue weighted by atomic mass is 32.2. The predicted octanol–water partition coefficient (Wildman–Crippen LogP) is 4.98. The Kier molecular flexibility index (Phi) is 7.80. The summed E-state index contributed by atoms with van der Waals surface area (Å²) in [5.74, 6) is 0. The second-order valence-corrected chi connectivity index (χ2v) is 12.3. The van der Waals surface area contributed by atoms with Crippen LogP contribution in [-0.4, -0.2) is 43.2 Å². The van der Waals surface area contributed by atoms with Crippen molar-refractivity contribution in [1.29, 1.82) is 0 Å². The van der Waals surface area contributed by atoms with Gasteiger partial charge in [-0.15, -0.1) is 0 Å². The molecule has 2 rings (SSSR count). The first-order chi connectivity index (χ1) is 14.8. The molecular formula is C22H32F4N2O4S. The molecule has 1 aromatic carbocycles. The number of halogens is 4. The fourth-order valence-corrected chi connectivity index (χ4v) is 5.33. The minimum atomic E-state index is -4.73. The molecule has 188 valence electrons. The van der Waals surface area contributed by atoms with Crippen LogP contribution >= 0.6 is 0 Å². The summed E-state index contributed by atoms with van der Waals surface area (Å²) in [4.78, 5) is 11.3. The normalized spacial score (nSPS) is 22.6. The molecule has 1 amide bonds. The van der Waals surface area contributed by atoms with Gasteiger partial charge >= 0.3 is 12.3 Å². The maximum Gasteiger partial charge on any atom is 0.416 e. The molecule has 0 aliphatic heterocycles.